The van der Waals surface area contributed by atoms with Gasteiger partial charge >= 0.3 is 8.80 Å². The normalized spacial score (nSPS) is 10.3. The maximum atomic E-state index is 9.70. The van der Waals surface area contributed by atoms with Crippen LogP contribution in [0.4, 0.5) is 0 Å². The van der Waals surface area contributed by atoms with Crippen molar-refractivity contribution in [2.45, 2.75) is 6.92 Å². The third-order valence-corrected chi connectivity index (χ3v) is 4.94. The lowest BCUT2D eigenvalue weighted by molar-refractivity contribution is -0.118. The predicted octanol–water partition coefficient (Wildman–Crippen LogP) is 0.524. The SMILES string of the molecule is CNC(C)=O.CO[Si](OC)(OC)c1ccccc1. The van der Waals surface area contributed by atoms with E-state index in [-0.39, 0.29) is 5.91 Å². The standard InChI is InChI=1S/C9H14O3Si.C3H7NO/c1-10-13(11-2,12-3)9-7-5-4-6-8-9;1-3(5)4-2/h4-8H,1-3H3;1-2H3,(H,4,5). The van der Waals surface area contributed by atoms with E-state index in [1.54, 1.807) is 28.4 Å². The first kappa shape index (κ1) is 16.8. The zero-order valence-corrected chi connectivity index (χ0v) is 12.5. The van der Waals surface area contributed by atoms with Crippen LogP contribution in [-0.2, 0) is 18.1 Å². The Morgan fingerprint density at radius 1 is 1.06 bits per heavy atom. The van der Waals surface area contributed by atoms with Crippen molar-refractivity contribution in [2.24, 2.45) is 0 Å². The number of rotatable bonds is 4. The van der Waals surface area contributed by atoms with Crippen LogP contribution < -0.4 is 10.5 Å². The average Bonchev–Trinajstić information content (AvgIpc) is 2.43. The fraction of sp³-hybridized carbons (Fsp3) is 0.417. The summed E-state index contributed by atoms with van der Waals surface area (Å²) in [7, 11) is 3.82. The molecular formula is C12H21NO4Si. The summed E-state index contributed by atoms with van der Waals surface area (Å²) >= 11 is 0. The summed E-state index contributed by atoms with van der Waals surface area (Å²) in [6.07, 6.45) is 0. The molecule has 1 aromatic carbocycles. The molecule has 0 spiro atoms. The van der Waals surface area contributed by atoms with Gasteiger partial charge in [-0.15, -0.1) is 0 Å². The number of amides is 1. The van der Waals surface area contributed by atoms with Gasteiger partial charge in [0.25, 0.3) is 0 Å². The maximum absolute atomic E-state index is 9.70. The van der Waals surface area contributed by atoms with Gasteiger partial charge in [0.05, 0.1) is 0 Å². The molecule has 0 bridgehead atoms. The number of nitrogens with one attached hydrogen (secondary N) is 1. The Bertz CT molecular complexity index is 333. The fourth-order valence-corrected chi connectivity index (χ4v) is 3.05. The molecule has 1 N–H and O–H groups in total. The molecule has 1 amide bonds. The molecule has 0 fully saturated rings. The lowest BCUT2D eigenvalue weighted by atomic mass is 10.4. The van der Waals surface area contributed by atoms with Gasteiger partial charge < -0.3 is 18.6 Å². The molecule has 0 atom stereocenters. The molecule has 0 heterocycles. The molecule has 0 aliphatic rings. The van der Waals surface area contributed by atoms with Crippen molar-refractivity contribution in [1.29, 1.82) is 0 Å². The van der Waals surface area contributed by atoms with Gasteiger partial charge in [0.15, 0.2) is 0 Å². The van der Waals surface area contributed by atoms with E-state index in [1.165, 1.54) is 6.92 Å². The van der Waals surface area contributed by atoms with Crippen molar-refractivity contribution in [1.82, 2.24) is 5.32 Å². The molecule has 6 heteroatoms. The van der Waals surface area contributed by atoms with Crippen molar-refractivity contribution in [3.63, 3.8) is 0 Å². The first-order chi connectivity index (χ1) is 8.56. The highest BCUT2D eigenvalue weighted by Gasteiger charge is 2.40. The van der Waals surface area contributed by atoms with E-state index in [1.807, 2.05) is 30.3 Å². The van der Waals surface area contributed by atoms with E-state index in [0.29, 0.717) is 0 Å². The summed E-state index contributed by atoms with van der Waals surface area (Å²) in [4.78, 5) is 9.70. The molecule has 1 aromatic rings. The van der Waals surface area contributed by atoms with Crippen LogP contribution in [0, 0.1) is 0 Å². The second-order valence-electron chi connectivity index (χ2n) is 3.34. The van der Waals surface area contributed by atoms with Crippen LogP contribution in [0.15, 0.2) is 30.3 Å². The topological polar surface area (TPSA) is 56.8 Å². The van der Waals surface area contributed by atoms with Crippen molar-refractivity contribution in [3.05, 3.63) is 30.3 Å². The average molecular weight is 271 g/mol. The van der Waals surface area contributed by atoms with Crippen LogP contribution in [-0.4, -0.2) is 43.1 Å². The summed E-state index contributed by atoms with van der Waals surface area (Å²) in [6.45, 7) is 1.47. The highest BCUT2D eigenvalue weighted by Crippen LogP contribution is 2.05. The van der Waals surface area contributed by atoms with Gasteiger partial charge in [0.2, 0.25) is 5.91 Å². The van der Waals surface area contributed by atoms with Gasteiger partial charge in [-0.3, -0.25) is 4.79 Å². The number of benzene rings is 1. The molecule has 1 rings (SSSR count). The van der Waals surface area contributed by atoms with Crippen molar-refractivity contribution >= 4 is 19.9 Å². The lowest BCUT2D eigenvalue weighted by Gasteiger charge is -2.24. The second kappa shape index (κ2) is 8.82. The fourth-order valence-electron chi connectivity index (χ4n) is 1.25. The van der Waals surface area contributed by atoms with Gasteiger partial charge in [-0.2, -0.15) is 0 Å². The predicted molar refractivity (Wildman–Crippen MR) is 72.6 cm³/mol. The van der Waals surface area contributed by atoms with E-state index >= 15 is 0 Å². The van der Waals surface area contributed by atoms with Gasteiger partial charge in [0.1, 0.15) is 0 Å². The molecule has 0 saturated carbocycles. The molecule has 0 aliphatic heterocycles. The summed E-state index contributed by atoms with van der Waals surface area (Å²) in [6, 6.07) is 9.72. The first-order valence-electron chi connectivity index (χ1n) is 5.45. The van der Waals surface area contributed by atoms with E-state index in [9.17, 15) is 4.79 Å². The maximum Gasteiger partial charge on any atom is 0.536 e. The van der Waals surface area contributed by atoms with Crippen molar-refractivity contribution in [3.8, 4) is 0 Å². The highest BCUT2D eigenvalue weighted by atomic mass is 28.4. The Labute approximate surface area is 109 Å². The van der Waals surface area contributed by atoms with Crippen molar-refractivity contribution in [2.75, 3.05) is 28.4 Å². The molecule has 0 saturated heterocycles. The molecule has 0 aliphatic carbocycles. The van der Waals surface area contributed by atoms with E-state index < -0.39 is 8.80 Å². The van der Waals surface area contributed by atoms with Crippen LogP contribution in [0.2, 0.25) is 0 Å². The van der Waals surface area contributed by atoms with E-state index in [2.05, 4.69) is 5.32 Å². The number of carbonyl (C=O) groups is 1. The number of carbonyl (C=O) groups excluding carboxylic acids is 1. The van der Waals surface area contributed by atoms with Gasteiger partial charge in [-0.1, -0.05) is 30.3 Å². The van der Waals surface area contributed by atoms with Gasteiger partial charge in [-0.25, -0.2) is 0 Å². The summed E-state index contributed by atoms with van der Waals surface area (Å²) < 4.78 is 16.0. The second-order valence-corrected chi connectivity index (χ2v) is 6.26. The van der Waals surface area contributed by atoms with Crippen LogP contribution in [0.25, 0.3) is 0 Å². The quantitative estimate of drug-likeness (QED) is 0.811. The monoisotopic (exact) mass is 271 g/mol. The smallest absolute Gasteiger partial charge is 0.373 e. The van der Waals surface area contributed by atoms with Crippen LogP contribution in [0.3, 0.4) is 0 Å². The van der Waals surface area contributed by atoms with Gasteiger partial charge in [0, 0.05) is 40.5 Å². The zero-order chi connectivity index (χ0) is 14.0. The third-order valence-electron chi connectivity index (χ3n) is 2.29. The molecule has 18 heavy (non-hydrogen) atoms. The first-order valence-corrected chi connectivity index (χ1v) is 7.18. The summed E-state index contributed by atoms with van der Waals surface area (Å²) in [5.74, 6) is 0.00463. The van der Waals surface area contributed by atoms with Gasteiger partial charge in [-0.05, 0) is 0 Å². The number of hydrogen-bond donors (Lipinski definition) is 1. The zero-order valence-electron chi connectivity index (χ0n) is 11.5. The number of hydrogen-bond acceptors (Lipinski definition) is 4. The minimum atomic E-state index is -2.59. The summed E-state index contributed by atoms with van der Waals surface area (Å²) in [5.41, 5.74) is 0. The molecule has 0 radical (unpaired) electrons. The summed E-state index contributed by atoms with van der Waals surface area (Å²) in [5, 5.41) is 3.36. The van der Waals surface area contributed by atoms with Crippen LogP contribution in [0.1, 0.15) is 6.92 Å². The van der Waals surface area contributed by atoms with E-state index in [0.717, 1.165) is 5.19 Å². The Kier molecular flexibility index (Phi) is 8.22. The third kappa shape index (κ3) is 4.97. The Balaban J connectivity index is 0.000000494. The largest absolute Gasteiger partial charge is 0.536 e. The highest BCUT2D eigenvalue weighted by molar-refractivity contribution is 6.75. The van der Waals surface area contributed by atoms with Crippen molar-refractivity contribution < 1.29 is 18.1 Å². The van der Waals surface area contributed by atoms with Crippen LogP contribution >= 0.6 is 0 Å². The van der Waals surface area contributed by atoms with Crippen LogP contribution in [0.5, 0.6) is 0 Å². The molecule has 0 aromatic heterocycles. The molecule has 5 nitrogen and oxygen atoms in total. The molecule has 0 unspecified atom stereocenters. The van der Waals surface area contributed by atoms with E-state index in [4.69, 9.17) is 13.3 Å². The minimum Gasteiger partial charge on any atom is -0.373 e. The molecule has 102 valence electrons. The molecular weight excluding hydrogens is 250 g/mol. The Hall–Kier alpha value is -1.21. The Morgan fingerprint density at radius 3 is 1.72 bits per heavy atom. The minimum absolute atomic E-state index is 0.00463. The lowest BCUT2D eigenvalue weighted by Crippen LogP contribution is -2.54. The Morgan fingerprint density at radius 2 is 1.44 bits per heavy atom.